The van der Waals surface area contributed by atoms with Crippen molar-refractivity contribution in [3.05, 3.63) is 70.5 Å². The summed E-state index contributed by atoms with van der Waals surface area (Å²) >= 11 is 0. The lowest BCUT2D eigenvalue weighted by atomic mass is 9.92. The molecule has 5 nitrogen and oxygen atoms in total. The number of ketones is 1. The number of hydrogen-bond acceptors (Lipinski definition) is 4. The maximum Gasteiger partial charge on any atom is 0.295 e. The Labute approximate surface area is 169 Å². The Morgan fingerprint density at radius 2 is 1.93 bits per heavy atom. The van der Waals surface area contributed by atoms with E-state index in [-0.39, 0.29) is 16.9 Å². The molecule has 0 aromatic heterocycles. The van der Waals surface area contributed by atoms with Gasteiger partial charge in [-0.15, -0.1) is 0 Å². The first-order chi connectivity index (χ1) is 13.9. The van der Waals surface area contributed by atoms with Gasteiger partial charge in [-0.05, 0) is 42.7 Å². The topological polar surface area (TPSA) is 66.8 Å². The van der Waals surface area contributed by atoms with Gasteiger partial charge in [0.25, 0.3) is 11.7 Å². The molecule has 1 fully saturated rings. The fourth-order valence-electron chi connectivity index (χ4n) is 3.67. The average Bonchev–Trinajstić information content (AvgIpc) is 2.96. The Morgan fingerprint density at radius 3 is 2.59 bits per heavy atom. The molecule has 152 valence electrons. The Bertz CT molecular complexity index is 983. The van der Waals surface area contributed by atoms with E-state index in [1.165, 1.54) is 24.1 Å². The number of benzene rings is 2. The first kappa shape index (κ1) is 20.6. The van der Waals surface area contributed by atoms with Crippen LogP contribution in [0.5, 0.6) is 5.75 Å². The third-order valence-corrected chi connectivity index (χ3v) is 5.19. The van der Waals surface area contributed by atoms with Crippen molar-refractivity contribution in [2.45, 2.75) is 32.7 Å². The molecule has 0 bridgehead atoms. The highest BCUT2D eigenvalue weighted by Gasteiger charge is 2.46. The van der Waals surface area contributed by atoms with E-state index in [0.29, 0.717) is 6.54 Å². The molecule has 0 saturated carbocycles. The van der Waals surface area contributed by atoms with Crippen LogP contribution >= 0.6 is 0 Å². The predicted molar refractivity (Wildman–Crippen MR) is 108 cm³/mol. The van der Waals surface area contributed by atoms with Gasteiger partial charge in [0, 0.05) is 6.54 Å². The highest BCUT2D eigenvalue weighted by molar-refractivity contribution is 6.46. The average molecular weight is 397 g/mol. The summed E-state index contributed by atoms with van der Waals surface area (Å²) in [5.74, 6) is -2.25. The van der Waals surface area contributed by atoms with Crippen LogP contribution in [0.1, 0.15) is 42.5 Å². The van der Waals surface area contributed by atoms with Crippen LogP contribution < -0.4 is 4.74 Å². The lowest BCUT2D eigenvalue weighted by Gasteiger charge is -2.26. The molecule has 0 spiro atoms. The maximum atomic E-state index is 13.9. The normalized spacial score (nSPS) is 18.3. The van der Waals surface area contributed by atoms with Gasteiger partial charge in [0.15, 0.2) is 0 Å². The van der Waals surface area contributed by atoms with Gasteiger partial charge in [-0.1, -0.05) is 37.6 Å². The van der Waals surface area contributed by atoms with Gasteiger partial charge in [0.05, 0.1) is 24.3 Å². The quantitative estimate of drug-likeness (QED) is 0.447. The van der Waals surface area contributed by atoms with E-state index in [0.717, 1.165) is 30.0 Å². The lowest BCUT2D eigenvalue weighted by Crippen LogP contribution is -2.30. The van der Waals surface area contributed by atoms with Crippen LogP contribution in [0.2, 0.25) is 0 Å². The summed E-state index contributed by atoms with van der Waals surface area (Å²) < 4.78 is 19.1. The summed E-state index contributed by atoms with van der Waals surface area (Å²) in [6.07, 6.45) is 1.57. The van der Waals surface area contributed by atoms with Crippen LogP contribution in [-0.4, -0.2) is 35.4 Å². The van der Waals surface area contributed by atoms with E-state index in [4.69, 9.17) is 4.74 Å². The van der Waals surface area contributed by atoms with E-state index in [9.17, 15) is 19.1 Å². The van der Waals surface area contributed by atoms with Crippen molar-refractivity contribution >= 4 is 17.4 Å². The van der Waals surface area contributed by atoms with E-state index in [2.05, 4.69) is 0 Å². The maximum absolute atomic E-state index is 13.9. The van der Waals surface area contributed by atoms with Crippen molar-refractivity contribution in [2.24, 2.45) is 0 Å². The molecule has 1 amide bonds. The van der Waals surface area contributed by atoms with Crippen molar-refractivity contribution in [1.82, 2.24) is 4.90 Å². The number of ether oxygens (including phenoxy) is 1. The number of likely N-dealkylation sites (tertiary alicyclic amines) is 1. The summed E-state index contributed by atoms with van der Waals surface area (Å²) in [4.78, 5) is 27.2. The minimum atomic E-state index is -0.779. The second-order valence-electron chi connectivity index (χ2n) is 7.05. The Morgan fingerprint density at radius 1 is 1.21 bits per heavy atom. The molecule has 1 atom stereocenters. The molecule has 6 heteroatoms. The number of aliphatic hydroxyl groups excluding tert-OH is 1. The van der Waals surface area contributed by atoms with Gasteiger partial charge in [-0.2, -0.15) is 0 Å². The van der Waals surface area contributed by atoms with E-state index >= 15 is 0 Å². The van der Waals surface area contributed by atoms with Crippen molar-refractivity contribution < 1.29 is 23.8 Å². The number of halogens is 1. The third-order valence-electron chi connectivity index (χ3n) is 5.19. The minimum absolute atomic E-state index is 0.0413. The monoisotopic (exact) mass is 397 g/mol. The Hall–Kier alpha value is -3.15. The number of carbonyl (C=O) groups excluding carboxylic acids is 2. The zero-order valence-electron chi connectivity index (χ0n) is 16.7. The zero-order chi connectivity index (χ0) is 21.1. The number of hydrogen-bond donors (Lipinski definition) is 1. The van der Waals surface area contributed by atoms with Gasteiger partial charge in [0.1, 0.15) is 17.3 Å². The van der Waals surface area contributed by atoms with Crippen LogP contribution in [-0.2, 0) is 9.59 Å². The predicted octanol–water partition coefficient (Wildman–Crippen LogP) is 4.36. The SMILES string of the molecule is CCCCN1C(=O)C(=O)/C(=C(/O)c2cc(F)ccc2OC)C1c1ccccc1C. The van der Waals surface area contributed by atoms with Crippen molar-refractivity contribution in [2.75, 3.05) is 13.7 Å². The number of rotatable bonds is 6. The number of carbonyl (C=O) groups is 2. The van der Waals surface area contributed by atoms with Gasteiger partial charge >= 0.3 is 0 Å². The molecular formula is C23H24FNO4. The van der Waals surface area contributed by atoms with Gasteiger partial charge in [-0.3, -0.25) is 9.59 Å². The molecule has 1 aliphatic heterocycles. The fraction of sp³-hybridized carbons (Fsp3) is 0.304. The van der Waals surface area contributed by atoms with E-state index in [1.807, 2.05) is 38.1 Å². The van der Waals surface area contributed by atoms with Crippen molar-refractivity contribution in [1.29, 1.82) is 0 Å². The molecule has 1 unspecified atom stereocenters. The summed E-state index contributed by atoms with van der Waals surface area (Å²) in [5.41, 5.74) is 1.63. The Kier molecular flexibility index (Phi) is 6.01. The van der Waals surface area contributed by atoms with Gasteiger partial charge in [0.2, 0.25) is 0 Å². The molecule has 0 aliphatic carbocycles. The number of aliphatic hydroxyl groups is 1. The first-order valence-corrected chi connectivity index (χ1v) is 9.58. The largest absolute Gasteiger partial charge is 0.507 e. The van der Waals surface area contributed by atoms with Crippen LogP contribution in [0.25, 0.3) is 5.76 Å². The number of nitrogens with zero attached hydrogens (tertiary/aromatic N) is 1. The highest BCUT2D eigenvalue weighted by atomic mass is 19.1. The molecule has 1 heterocycles. The highest BCUT2D eigenvalue weighted by Crippen LogP contribution is 2.42. The zero-order valence-corrected chi connectivity index (χ0v) is 16.7. The Balaban J connectivity index is 2.25. The molecule has 1 aliphatic rings. The summed E-state index contributed by atoms with van der Waals surface area (Å²) in [6.45, 7) is 4.27. The summed E-state index contributed by atoms with van der Waals surface area (Å²) in [7, 11) is 1.39. The number of Topliss-reactive ketones (excluding diaryl/α,β-unsaturated/α-hetero) is 1. The molecule has 29 heavy (non-hydrogen) atoms. The van der Waals surface area contributed by atoms with Crippen LogP contribution in [0.3, 0.4) is 0 Å². The standard InChI is InChI=1S/C23H24FNO4/c1-4-5-12-25-20(16-9-7-6-8-14(16)2)19(22(27)23(25)28)21(26)17-13-15(24)10-11-18(17)29-3/h6-11,13,20,26H,4-5,12H2,1-3H3/b21-19+. The molecular weight excluding hydrogens is 373 g/mol. The smallest absolute Gasteiger partial charge is 0.295 e. The molecule has 0 radical (unpaired) electrons. The molecule has 1 saturated heterocycles. The lowest BCUT2D eigenvalue weighted by molar-refractivity contribution is -0.139. The summed E-state index contributed by atoms with van der Waals surface area (Å²) in [5, 5.41) is 11.0. The summed E-state index contributed by atoms with van der Waals surface area (Å²) in [6, 6.07) is 10.4. The molecule has 2 aromatic rings. The fourth-order valence-corrected chi connectivity index (χ4v) is 3.67. The van der Waals surface area contributed by atoms with E-state index < -0.39 is 29.3 Å². The van der Waals surface area contributed by atoms with E-state index in [1.54, 1.807) is 0 Å². The minimum Gasteiger partial charge on any atom is -0.507 e. The number of methoxy groups -OCH3 is 1. The van der Waals surface area contributed by atoms with Gasteiger partial charge in [-0.25, -0.2) is 4.39 Å². The van der Waals surface area contributed by atoms with Crippen molar-refractivity contribution in [3.8, 4) is 5.75 Å². The second kappa shape index (κ2) is 8.47. The van der Waals surface area contributed by atoms with Crippen molar-refractivity contribution in [3.63, 3.8) is 0 Å². The van der Waals surface area contributed by atoms with Crippen LogP contribution in [0.15, 0.2) is 48.0 Å². The second-order valence-corrected chi connectivity index (χ2v) is 7.05. The molecule has 1 N–H and O–H groups in total. The molecule has 3 rings (SSSR count). The van der Waals surface area contributed by atoms with Gasteiger partial charge < -0.3 is 14.7 Å². The molecule has 2 aromatic carbocycles. The van der Waals surface area contributed by atoms with Crippen LogP contribution in [0.4, 0.5) is 4.39 Å². The third kappa shape index (κ3) is 3.75. The van der Waals surface area contributed by atoms with Crippen LogP contribution in [0, 0.1) is 12.7 Å². The first-order valence-electron chi connectivity index (χ1n) is 9.58. The number of aryl methyl sites for hydroxylation is 1. The number of amides is 1. The number of unbranched alkanes of at least 4 members (excludes halogenated alkanes) is 1.